The van der Waals surface area contributed by atoms with Gasteiger partial charge in [-0.2, -0.15) is 0 Å². The van der Waals surface area contributed by atoms with E-state index in [0.717, 1.165) is 39.4 Å². The largest absolute Gasteiger partial charge is 0.379 e. The first kappa shape index (κ1) is 12.4. The van der Waals surface area contributed by atoms with E-state index in [-0.39, 0.29) is 0 Å². The lowest BCUT2D eigenvalue weighted by atomic mass is 10.3. The third-order valence-electron chi connectivity index (χ3n) is 2.44. The van der Waals surface area contributed by atoms with Crippen LogP contribution in [0.15, 0.2) is 0 Å². The zero-order chi connectivity index (χ0) is 11.1. The Bertz CT molecular complexity index is 195. The van der Waals surface area contributed by atoms with Crippen LogP contribution in [-0.2, 0) is 9.53 Å². The molecule has 0 aromatic heterocycles. The number of nitrogens with one attached hydrogen (secondary N) is 1. The Balaban J connectivity index is 1.98. The number of rotatable bonds is 6. The van der Waals surface area contributed by atoms with Crippen LogP contribution >= 0.6 is 0 Å². The third-order valence-corrected chi connectivity index (χ3v) is 2.44. The molecule has 1 amide bonds. The Morgan fingerprint density at radius 2 is 2.13 bits per heavy atom. The molecule has 1 aliphatic rings. The molecule has 5 N–H and O–H groups in total. The number of nitrogens with zero attached hydrogens (tertiary/aromatic N) is 1. The summed E-state index contributed by atoms with van der Waals surface area (Å²) < 4.78 is 5.23. The monoisotopic (exact) mass is 216 g/mol. The number of nitrogens with two attached hydrogens (primary N) is 2. The van der Waals surface area contributed by atoms with Gasteiger partial charge in [-0.3, -0.25) is 9.69 Å². The van der Waals surface area contributed by atoms with E-state index in [0.29, 0.717) is 6.54 Å². The van der Waals surface area contributed by atoms with E-state index in [9.17, 15) is 4.79 Å². The quantitative estimate of drug-likeness (QED) is 0.435. The summed E-state index contributed by atoms with van der Waals surface area (Å²) in [6, 6.07) is -0.588. The molecule has 0 saturated carbocycles. The molecular formula is C9H20N4O2. The van der Waals surface area contributed by atoms with E-state index in [1.54, 1.807) is 0 Å². The first-order valence-corrected chi connectivity index (χ1v) is 5.26. The topological polar surface area (TPSA) is 93.6 Å². The molecule has 0 bridgehead atoms. The first-order valence-electron chi connectivity index (χ1n) is 5.26. The summed E-state index contributed by atoms with van der Waals surface area (Å²) in [5.41, 5.74) is 10.5. The number of primary amides is 1. The first-order chi connectivity index (χ1) is 7.20. The number of hydrogen-bond acceptors (Lipinski definition) is 5. The summed E-state index contributed by atoms with van der Waals surface area (Å²) in [4.78, 5) is 12.9. The molecule has 0 aromatic rings. The predicted molar refractivity (Wildman–Crippen MR) is 57.3 cm³/mol. The molecule has 0 aromatic carbocycles. The van der Waals surface area contributed by atoms with Crippen molar-refractivity contribution in [3.8, 4) is 0 Å². The number of carbonyl (C=O) groups excluding carboxylic acids is 1. The molecule has 88 valence electrons. The predicted octanol–water partition coefficient (Wildman–Crippen LogP) is -2.28. The summed E-state index contributed by atoms with van der Waals surface area (Å²) in [6.45, 7) is 5.78. The maximum absolute atomic E-state index is 10.6. The highest BCUT2D eigenvalue weighted by atomic mass is 16.5. The van der Waals surface area contributed by atoms with Crippen molar-refractivity contribution in [1.29, 1.82) is 0 Å². The Labute approximate surface area is 89.9 Å². The molecule has 6 heteroatoms. The van der Waals surface area contributed by atoms with Crippen molar-refractivity contribution in [2.24, 2.45) is 11.5 Å². The van der Waals surface area contributed by atoms with Crippen molar-refractivity contribution >= 4 is 5.91 Å². The average Bonchev–Trinajstić information content (AvgIpc) is 2.25. The molecule has 1 fully saturated rings. The summed E-state index contributed by atoms with van der Waals surface area (Å²) >= 11 is 0. The van der Waals surface area contributed by atoms with Crippen molar-refractivity contribution in [2.75, 3.05) is 45.9 Å². The van der Waals surface area contributed by atoms with Gasteiger partial charge in [0.2, 0.25) is 5.91 Å². The molecule has 15 heavy (non-hydrogen) atoms. The van der Waals surface area contributed by atoms with Crippen molar-refractivity contribution in [2.45, 2.75) is 6.04 Å². The minimum Gasteiger partial charge on any atom is -0.379 e. The van der Waals surface area contributed by atoms with Crippen LogP contribution in [0.25, 0.3) is 0 Å². The molecule has 6 nitrogen and oxygen atoms in total. The second-order valence-electron chi connectivity index (χ2n) is 3.67. The lowest BCUT2D eigenvalue weighted by Crippen LogP contribution is -2.46. The van der Waals surface area contributed by atoms with Gasteiger partial charge in [-0.15, -0.1) is 0 Å². The van der Waals surface area contributed by atoms with Gasteiger partial charge in [0.15, 0.2) is 0 Å². The summed E-state index contributed by atoms with van der Waals surface area (Å²) in [5, 5.41) is 3.11. The molecule has 1 unspecified atom stereocenters. The standard InChI is InChI=1S/C9H20N4O2/c10-8(9(11)14)7-12-1-2-13-3-5-15-6-4-13/h8,12H,1-7,10H2,(H2,11,14). The van der Waals surface area contributed by atoms with Crippen LogP contribution in [0.5, 0.6) is 0 Å². The maximum Gasteiger partial charge on any atom is 0.235 e. The molecule has 0 aliphatic carbocycles. The molecule has 1 aliphatic heterocycles. The molecule has 1 atom stereocenters. The van der Waals surface area contributed by atoms with E-state index in [4.69, 9.17) is 16.2 Å². The SMILES string of the molecule is NC(=O)C(N)CNCCN1CCOCC1. The highest BCUT2D eigenvalue weighted by Gasteiger charge is 2.10. The van der Waals surface area contributed by atoms with Crippen molar-refractivity contribution in [3.05, 3.63) is 0 Å². The molecule has 1 heterocycles. The van der Waals surface area contributed by atoms with Crippen molar-refractivity contribution in [3.63, 3.8) is 0 Å². The molecular weight excluding hydrogens is 196 g/mol. The van der Waals surface area contributed by atoms with E-state index >= 15 is 0 Å². The summed E-state index contributed by atoms with van der Waals surface area (Å²) in [6.07, 6.45) is 0. The lowest BCUT2D eigenvalue weighted by molar-refractivity contribution is -0.119. The fourth-order valence-electron chi connectivity index (χ4n) is 1.42. The third kappa shape index (κ3) is 5.08. The van der Waals surface area contributed by atoms with Gasteiger partial charge in [-0.05, 0) is 0 Å². The Hall–Kier alpha value is -0.690. The van der Waals surface area contributed by atoms with Gasteiger partial charge in [0, 0.05) is 32.7 Å². The van der Waals surface area contributed by atoms with E-state index in [2.05, 4.69) is 10.2 Å². The second kappa shape index (κ2) is 6.73. The Morgan fingerprint density at radius 1 is 1.47 bits per heavy atom. The molecule has 1 saturated heterocycles. The van der Waals surface area contributed by atoms with Crippen molar-refractivity contribution in [1.82, 2.24) is 10.2 Å². The lowest BCUT2D eigenvalue weighted by Gasteiger charge is -2.26. The fourth-order valence-corrected chi connectivity index (χ4v) is 1.42. The Kier molecular flexibility index (Phi) is 5.56. The minimum atomic E-state index is -0.588. The normalized spacial score (nSPS) is 20.1. The van der Waals surface area contributed by atoms with Gasteiger partial charge >= 0.3 is 0 Å². The number of morpholine rings is 1. The van der Waals surface area contributed by atoms with Gasteiger partial charge in [-0.1, -0.05) is 0 Å². The fraction of sp³-hybridized carbons (Fsp3) is 0.889. The summed E-state index contributed by atoms with van der Waals surface area (Å²) in [7, 11) is 0. The highest BCUT2D eigenvalue weighted by molar-refractivity contribution is 5.79. The highest BCUT2D eigenvalue weighted by Crippen LogP contribution is 1.94. The molecule has 0 radical (unpaired) electrons. The Morgan fingerprint density at radius 3 is 2.73 bits per heavy atom. The minimum absolute atomic E-state index is 0.444. The van der Waals surface area contributed by atoms with Crippen LogP contribution in [0, 0.1) is 0 Å². The zero-order valence-electron chi connectivity index (χ0n) is 8.95. The molecule has 0 spiro atoms. The van der Waals surface area contributed by atoms with Crippen LogP contribution < -0.4 is 16.8 Å². The smallest absolute Gasteiger partial charge is 0.235 e. The number of ether oxygens (including phenoxy) is 1. The van der Waals surface area contributed by atoms with E-state index in [1.165, 1.54) is 0 Å². The van der Waals surface area contributed by atoms with Crippen LogP contribution in [0.2, 0.25) is 0 Å². The summed E-state index contributed by atoms with van der Waals surface area (Å²) in [5.74, 6) is -0.464. The van der Waals surface area contributed by atoms with Crippen LogP contribution in [-0.4, -0.2) is 62.8 Å². The van der Waals surface area contributed by atoms with Gasteiger partial charge < -0.3 is 21.5 Å². The van der Waals surface area contributed by atoms with Crippen molar-refractivity contribution < 1.29 is 9.53 Å². The van der Waals surface area contributed by atoms with E-state index in [1.807, 2.05) is 0 Å². The molecule has 1 rings (SSSR count). The van der Waals surface area contributed by atoms with E-state index < -0.39 is 11.9 Å². The second-order valence-corrected chi connectivity index (χ2v) is 3.67. The number of amides is 1. The van der Waals surface area contributed by atoms with Crippen LogP contribution in [0.4, 0.5) is 0 Å². The van der Waals surface area contributed by atoms with Gasteiger partial charge in [0.25, 0.3) is 0 Å². The van der Waals surface area contributed by atoms with Crippen LogP contribution in [0.1, 0.15) is 0 Å². The number of hydrogen-bond donors (Lipinski definition) is 3. The van der Waals surface area contributed by atoms with Gasteiger partial charge in [0.05, 0.1) is 19.3 Å². The van der Waals surface area contributed by atoms with Gasteiger partial charge in [-0.25, -0.2) is 0 Å². The number of carbonyl (C=O) groups is 1. The average molecular weight is 216 g/mol. The maximum atomic E-state index is 10.6. The zero-order valence-corrected chi connectivity index (χ0v) is 8.95. The van der Waals surface area contributed by atoms with Crippen LogP contribution in [0.3, 0.4) is 0 Å². The van der Waals surface area contributed by atoms with Gasteiger partial charge in [0.1, 0.15) is 0 Å².